The highest BCUT2D eigenvalue weighted by atomic mass is 32.2. The Morgan fingerprint density at radius 1 is 1.19 bits per heavy atom. The number of rotatable bonds is 5. The number of hydrogen-bond acceptors (Lipinski definition) is 9. The molecule has 0 aromatic carbocycles. The first-order valence-corrected chi connectivity index (χ1v) is 12.5. The number of thioether (sulfide) groups is 1. The third-order valence-electron chi connectivity index (χ3n) is 5.49. The minimum atomic E-state index is 0.0351. The molecule has 2 atom stereocenters. The van der Waals surface area contributed by atoms with Crippen LogP contribution in [0.15, 0.2) is 39.6 Å². The highest BCUT2D eigenvalue weighted by Gasteiger charge is 2.31. The van der Waals surface area contributed by atoms with E-state index >= 15 is 0 Å². The summed E-state index contributed by atoms with van der Waals surface area (Å²) in [4.78, 5) is 18.9. The molecule has 4 heterocycles. The standard InChI is InChI=1S/C22H26N6OS2/c1-13-16(8-9-18(25-13)29-15-6-3-4-7-15)20-27-19(14(2)31-20)17-12-30-22(26-17)28-21-23-10-5-11-24-21/h3-4,8-9,12,14-15,19H,5-7,10-11H2,1-2H3,(H2,23,24,26,28). The molecule has 5 rings (SSSR count). The predicted octanol–water partition coefficient (Wildman–Crippen LogP) is 4.33. The molecule has 162 valence electrons. The number of nitrogens with one attached hydrogen (secondary N) is 2. The Balaban J connectivity index is 1.30. The van der Waals surface area contributed by atoms with Crippen molar-refractivity contribution < 1.29 is 4.74 Å². The molecule has 0 saturated carbocycles. The lowest BCUT2D eigenvalue weighted by molar-refractivity contribution is 0.207. The summed E-state index contributed by atoms with van der Waals surface area (Å²) < 4.78 is 6.00. The normalized spacial score (nSPS) is 23.4. The van der Waals surface area contributed by atoms with E-state index in [1.165, 1.54) is 0 Å². The molecule has 9 heteroatoms. The van der Waals surface area contributed by atoms with E-state index in [1.807, 2.05) is 13.0 Å². The SMILES string of the molecule is Cc1nc(OC2CC=CC2)ccc1C1=NC(c2csc(NC3=NCCCN3)n2)C(C)S1. The first-order valence-electron chi connectivity index (χ1n) is 10.7. The first kappa shape index (κ1) is 20.5. The summed E-state index contributed by atoms with van der Waals surface area (Å²) in [7, 11) is 0. The lowest BCUT2D eigenvalue weighted by atomic mass is 10.1. The second kappa shape index (κ2) is 9.00. The van der Waals surface area contributed by atoms with Crippen molar-refractivity contribution in [3.8, 4) is 5.88 Å². The zero-order valence-corrected chi connectivity index (χ0v) is 19.3. The number of nitrogens with zero attached hydrogens (tertiary/aromatic N) is 4. The Morgan fingerprint density at radius 3 is 2.84 bits per heavy atom. The van der Waals surface area contributed by atoms with Gasteiger partial charge in [-0.15, -0.1) is 23.1 Å². The molecular weight excluding hydrogens is 428 g/mol. The summed E-state index contributed by atoms with van der Waals surface area (Å²) in [5.41, 5.74) is 3.02. The van der Waals surface area contributed by atoms with Gasteiger partial charge in [0.05, 0.1) is 11.4 Å². The van der Waals surface area contributed by atoms with Gasteiger partial charge in [0, 0.05) is 48.2 Å². The van der Waals surface area contributed by atoms with Crippen molar-refractivity contribution in [2.24, 2.45) is 9.98 Å². The van der Waals surface area contributed by atoms with Gasteiger partial charge in [0.2, 0.25) is 5.88 Å². The van der Waals surface area contributed by atoms with Gasteiger partial charge in [-0.1, -0.05) is 19.1 Å². The Bertz CT molecular complexity index is 1040. The zero-order chi connectivity index (χ0) is 21.2. The summed E-state index contributed by atoms with van der Waals surface area (Å²) >= 11 is 3.38. The second-order valence-electron chi connectivity index (χ2n) is 7.88. The van der Waals surface area contributed by atoms with Gasteiger partial charge in [0.1, 0.15) is 17.2 Å². The fourth-order valence-electron chi connectivity index (χ4n) is 3.83. The number of aromatic nitrogens is 2. The number of guanidine groups is 1. The number of anilines is 1. The minimum absolute atomic E-state index is 0.0351. The number of pyridine rings is 1. The van der Waals surface area contributed by atoms with Gasteiger partial charge in [0.25, 0.3) is 0 Å². The summed E-state index contributed by atoms with van der Waals surface area (Å²) in [5, 5.41) is 10.8. The van der Waals surface area contributed by atoms with Gasteiger partial charge in [-0.2, -0.15) is 0 Å². The lowest BCUT2D eigenvalue weighted by Gasteiger charge is -2.14. The maximum atomic E-state index is 6.00. The van der Waals surface area contributed by atoms with Crippen LogP contribution in [0, 0.1) is 6.92 Å². The number of aryl methyl sites for hydroxylation is 1. The minimum Gasteiger partial charge on any atom is -0.474 e. The van der Waals surface area contributed by atoms with E-state index < -0.39 is 0 Å². The van der Waals surface area contributed by atoms with Gasteiger partial charge in [0.15, 0.2) is 11.1 Å². The predicted molar refractivity (Wildman–Crippen MR) is 129 cm³/mol. The molecule has 3 aliphatic rings. The quantitative estimate of drug-likeness (QED) is 0.655. The van der Waals surface area contributed by atoms with Crippen LogP contribution in [0.5, 0.6) is 5.88 Å². The summed E-state index contributed by atoms with van der Waals surface area (Å²) in [6.45, 7) is 6.03. The molecule has 0 bridgehead atoms. The Hall–Kier alpha value is -2.39. The summed E-state index contributed by atoms with van der Waals surface area (Å²) in [6.07, 6.45) is 7.52. The largest absolute Gasteiger partial charge is 0.474 e. The molecule has 2 aromatic rings. The first-order chi connectivity index (χ1) is 15.2. The van der Waals surface area contributed by atoms with E-state index in [-0.39, 0.29) is 12.1 Å². The molecule has 2 N–H and O–H groups in total. The molecule has 31 heavy (non-hydrogen) atoms. The van der Waals surface area contributed by atoms with Gasteiger partial charge >= 0.3 is 0 Å². The summed E-state index contributed by atoms with van der Waals surface area (Å²) in [5.74, 6) is 1.50. The lowest BCUT2D eigenvalue weighted by Crippen LogP contribution is -2.35. The molecule has 0 radical (unpaired) electrons. The molecule has 0 saturated heterocycles. The highest BCUT2D eigenvalue weighted by Crippen LogP contribution is 2.40. The molecule has 1 aliphatic carbocycles. The van der Waals surface area contributed by atoms with Crippen molar-refractivity contribution in [1.29, 1.82) is 0 Å². The number of hydrogen-bond donors (Lipinski definition) is 2. The highest BCUT2D eigenvalue weighted by molar-refractivity contribution is 8.15. The maximum absolute atomic E-state index is 6.00. The van der Waals surface area contributed by atoms with Crippen LogP contribution in [-0.4, -0.2) is 45.4 Å². The number of aliphatic imine (C=N–C) groups is 2. The summed E-state index contributed by atoms with van der Waals surface area (Å²) in [6, 6.07) is 4.08. The molecule has 0 amide bonds. The fourth-order valence-corrected chi connectivity index (χ4v) is 5.76. The van der Waals surface area contributed by atoms with Crippen LogP contribution in [0.3, 0.4) is 0 Å². The zero-order valence-electron chi connectivity index (χ0n) is 17.7. The van der Waals surface area contributed by atoms with Crippen LogP contribution >= 0.6 is 23.1 Å². The van der Waals surface area contributed by atoms with Gasteiger partial charge in [-0.05, 0) is 19.4 Å². The van der Waals surface area contributed by atoms with E-state index in [9.17, 15) is 0 Å². The van der Waals surface area contributed by atoms with Crippen LogP contribution in [0.25, 0.3) is 0 Å². The van der Waals surface area contributed by atoms with Crippen LogP contribution in [0.4, 0.5) is 5.13 Å². The van der Waals surface area contributed by atoms with Crippen molar-refractivity contribution in [3.63, 3.8) is 0 Å². The van der Waals surface area contributed by atoms with Crippen LogP contribution in [0.1, 0.15) is 49.2 Å². The monoisotopic (exact) mass is 454 g/mol. The molecule has 2 aromatic heterocycles. The molecule has 7 nitrogen and oxygen atoms in total. The van der Waals surface area contributed by atoms with Crippen LogP contribution in [0.2, 0.25) is 0 Å². The van der Waals surface area contributed by atoms with Gasteiger partial charge in [-0.25, -0.2) is 9.97 Å². The van der Waals surface area contributed by atoms with E-state index in [4.69, 9.17) is 14.7 Å². The van der Waals surface area contributed by atoms with E-state index in [1.54, 1.807) is 23.1 Å². The van der Waals surface area contributed by atoms with Gasteiger partial charge in [-0.3, -0.25) is 9.98 Å². The van der Waals surface area contributed by atoms with Crippen LogP contribution < -0.4 is 15.4 Å². The molecular formula is C22H26N6OS2. The number of thiazole rings is 1. The van der Waals surface area contributed by atoms with Crippen molar-refractivity contribution >= 4 is 39.2 Å². The third kappa shape index (κ3) is 4.62. The average molecular weight is 455 g/mol. The van der Waals surface area contributed by atoms with Crippen molar-refractivity contribution in [2.75, 3.05) is 18.4 Å². The Labute approximate surface area is 190 Å². The molecule has 0 spiro atoms. The smallest absolute Gasteiger partial charge is 0.213 e. The average Bonchev–Trinajstić information content (AvgIpc) is 3.51. The van der Waals surface area contributed by atoms with Crippen molar-refractivity contribution in [3.05, 3.63) is 46.6 Å². The fraction of sp³-hybridized carbons (Fsp3) is 0.455. The Kier molecular flexibility index (Phi) is 5.95. The van der Waals surface area contributed by atoms with E-state index in [0.29, 0.717) is 11.1 Å². The molecule has 2 aliphatic heterocycles. The van der Waals surface area contributed by atoms with Crippen molar-refractivity contribution in [2.45, 2.75) is 50.5 Å². The maximum Gasteiger partial charge on any atom is 0.213 e. The second-order valence-corrected chi connectivity index (χ2v) is 10.1. The number of ether oxygens (including phenoxy) is 1. The molecule has 2 unspecified atom stereocenters. The third-order valence-corrected chi connectivity index (χ3v) is 7.44. The van der Waals surface area contributed by atoms with Gasteiger partial charge < -0.3 is 15.4 Å². The van der Waals surface area contributed by atoms with E-state index in [2.05, 4.69) is 51.1 Å². The van der Waals surface area contributed by atoms with Crippen molar-refractivity contribution in [1.82, 2.24) is 15.3 Å². The Morgan fingerprint density at radius 2 is 2.06 bits per heavy atom. The molecule has 0 fully saturated rings. The van der Waals surface area contributed by atoms with Crippen LogP contribution in [-0.2, 0) is 0 Å². The topological polar surface area (TPSA) is 83.8 Å². The van der Waals surface area contributed by atoms with E-state index in [0.717, 1.165) is 65.4 Å².